The Labute approximate surface area is 261 Å². The Bertz CT molecular complexity index is 1560. The number of halogens is 4. The van der Waals surface area contributed by atoms with Crippen molar-refractivity contribution in [1.82, 2.24) is 24.7 Å². The molecule has 242 valence electrons. The fourth-order valence-electron chi connectivity index (χ4n) is 8.23. The second-order valence-electron chi connectivity index (χ2n) is 13.7. The molecule has 7 nitrogen and oxygen atoms in total. The van der Waals surface area contributed by atoms with Gasteiger partial charge in [-0.2, -0.15) is 13.2 Å². The number of rotatable bonds is 7. The number of amides is 2. The largest absolute Gasteiger partial charge is 0.471 e. The van der Waals surface area contributed by atoms with Crippen molar-refractivity contribution in [3.8, 4) is 0 Å². The van der Waals surface area contributed by atoms with Crippen LogP contribution in [0, 0.1) is 12.7 Å². The predicted molar refractivity (Wildman–Crippen MR) is 163 cm³/mol. The Morgan fingerprint density at radius 1 is 0.978 bits per heavy atom. The molecule has 3 aromatic rings. The van der Waals surface area contributed by atoms with Crippen molar-refractivity contribution < 1.29 is 27.2 Å². The Kier molecular flexibility index (Phi) is 8.20. The number of nitrogens with one attached hydrogen (secondary N) is 1. The van der Waals surface area contributed by atoms with Crippen LogP contribution in [0.15, 0.2) is 48.5 Å². The zero-order valence-electron chi connectivity index (χ0n) is 26.0. The highest BCUT2D eigenvalue weighted by molar-refractivity contribution is 5.92. The lowest BCUT2D eigenvalue weighted by atomic mass is 9.70. The quantitative estimate of drug-likeness (QED) is 0.324. The van der Waals surface area contributed by atoms with Crippen molar-refractivity contribution in [1.29, 1.82) is 0 Å². The maximum absolute atomic E-state index is 14.5. The van der Waals surface area contributed by atoms with Crippen LogP contribution < -0.4 is 5.32 Å². The molecule has 3 atom stereocenters. The number of fused-ring (bicyclic) bond motifs is 3. The third kappa shape index (κ3) is 6.07. The summed E-state index contributed by atoms with van der Waals surface area (Å²) in [6.07, 6.45) is 1.19. The minimum Gasteiger partial charge on any atom is -0.341 e. The lowest BCUT2D eigenvalue weighted by molar-refractivity contribution is -0.176. The molecule has 45 heavy (non-hydrogen) atoms. The van der Waals surface area contributed by atoms with Crippen molar-refractivity contribution in [3.63, 3.8) is 0 Å². The number of aryl methyl sites for hydroxylation is 1. The molecule has 1 aromatic heterocycles. The monoisotopic (exact) mass is 627 g/mol. The van der Waals surface area contributed by atoms with Gasteiger partial charge in [0.15, 0.2) is 0 Å². The second-order valence-corrected chi connectivity index (χ2v) is 13.7. The highest BCUT2D eigenvalue weighted by Gasteiger charge is 2.47. The fourth-order valence-corrected chi connectivity index (χ4v) is 8.23. The van der Waals surface area contributed by atoms with Crippen LogP contribution in [0.1, 0.15) is 76.2 Å². The number of imidazole rings is 1. The minimum atomic E-state index is -5.08. The second kappa shape index (κ2) is 11.7. The van der Waals surface area contributed by atoms with E-state index in [1.807, 2.05) is 17.4 Å². The maximum atomic E-state index is 14.5. The summed E-state index contributed by atoms with van der Waals surface area (Å²) in [5, 5.41) is 1.85. The number of carbonyl (C=O) groups is 2. The third-order valence-corrected chi connectivity index (χ3v) is 10.5. The summed E-state index contributed by atoms with van der Waals surface area (Å²) in [5.41, 5.74) is 1.000. The fraction of sp³-hybridized carbons (Fsp3) is 0.559. The molecule has 11 heteroatoms. The number of hydrogen-bond donors (Lipinski definition) is 1. The number of alkyl halides is 3. The number of nitrogens with zero attached hydrogens (tertiary/aromatic N) is 4. The normalized spacial score (nSPS) is 23.8. The minimum absolute atomic E-state index is 0.308. The Morgan fingerprint density at radius 2 is 1.64 bits per heavy atom. The van der Waals surface area contributed by atoms with E-state index in [9.17, 15) is 27.2 Å². The van der Waals surface area contributed by atoms with Gasteiger partial charge in [-0.05, 0) is 108 Å². The number of aromatic nitrogens is 2. The summed E-state index contributed by atoms with van der Waals surface area (Å²) in [6, 6.07) is 16.2. The van der Waals surface area contributed by atoms with Gasteiger partial charge in [0.1, 0.15) is 17.2 Å². The standard InChI is InChI=1S/C34H41F4N5O2/c1-22-39-28-9-4-5-10-29(28)43(22)27-20-25-11-12-26(21-27)42(25)18-15-33(23-7-6-8-24(35)19-23)13-16-41(17-14-33)31(45)32(2,3)40-30(44)34(36,37)38/h4-10,19,25-27H,11-18,20-21H2,1-3H3,(H,40,44)/t25-,26+,27+. The lowest BCUT2D eigenvalue weighted by Gasteiger charge is -2.46. The molecular weight excluding hydrogens is 586 g/mol. The number of benzene rings is 2. The molecule has 3 aliphatic rings. The van der Waals surface area contributed by atoms with Gasteiger partial charge in [-0.1, -0.05) is 24.3 Å². The van der Waals surface area contributed by atoms with Gasteiger partial charge < -0.3 is 14.8 Å². The van der Waals surface area contributed by atoms with Crippen LogP contribution in [0.25, 0.3) is 11.0 Å². The van der Waals surface area contributed by atoms with Gasteiger partial charge >= 0.3 is 12.1 Å². The molecule has 0 saturated carbocycles. The van der Waals surface area contributed by atoms with Crippen LogP contribution in [0.4, 0.5) is 17.6 Å². The lowest BCUT2D eigenvalue weighted by Crippen LogP contribution is -2.60. The van der Waals surface area contributed by atoms with Crippen molar-refractivity contribution >= 4 is 22.8 Å². The highest BCUT2D eigenvalue weighted by Crippen LogP contribution is 2.45. The molecule has 3 aliphatic heterocycles. The first-order valence-electron chi connectivity index (χ1n) is 15.9. The van der Waals surface area contributed by atoms with E-state index in [0.29, 0.717) is 44.1 Å². The third-order valence-electron chi connectivity index (χ3n) is 10.5. The number of likely N-dealkylation sites (tertiary alicyclic amines) is 1. The van der Waals surface area contributed by atoms with Crippen molar-refractivity contribution in [2.45, 2.75) is 101 Å². The van der Waals surface area contributed by atoms with Crippen LogP contribution in [-0.2, 0) is 15.0 Å². The number of carbonyl (C=O) groups excluding carboxylic acids is 2. The van der Waals surface area contributed by atoms with Crippen LogP contribution >= 0.6 is 0 Å². The summed E-state index contributed by atoms with van der Waals surface area (Å²) in [7, 11) is 0. The molecule has 0 unspecified atom stereocenters. The number of para-hydroxylation sites is 2. The average molecular weight is 628 g/mol. The summed E-state index contributed by atoms with van der Waals surface area (Å²) in [4.78, 5) is 33.8. The van der Waals surface area contributed by atoms with Gasteiger partial charge in [0, 0.05) is 31.2 Å². The first-order valence-corrected chi connectivity index (χ1v) is 15.9. The van der Waals surface area contributed by atoms with Crippen LogP contribution in [0.5, 0.6) is 0 Å². The summed E-state index contributed by atoms with van der Waals surface area (Å²) < 4.78 is 55.6. The van der Waals surface area contributed by atoms with Gasteiger partial charge in [-0.15, -0.1) is 0 Å². The Hall–Kier alpha value is -3.47. The molecule has 3 saturated heterocycles. The first-order chi connectivity index (χ1) is 21.3. The molecule has 0 spiro atoms. The zero-order chi connectivity index (χ0) is 32.1. The van der Waals surface area contributed by atoms with Crippen molar-refractivity contribution in [2.75, 3.05) is 19.6 Å². The SMILES string of the molecule is Cc1nc2ccccc2n1[C@H]1C[C@H]2CC[C@@H](C1)N2CCC1(c2cccc(F)c2)CCN(C(=O)C(C)(C)NC(=O)C(F)(F)F)CC1. The summed E-state index contributed by atoms with van der Waals surface area (Å²) >= 11 is 0. The van der Waals surface area contributed by atoms with Crippen molar-refractivity contribution in [2.24, 2.45) is 0 Å². The van der Waals surface area contributed by atoms with Gasteiger partial charge in [0.05, 0.1) is 11.0 Å². The molecule has 0 radical (unpaired) electrons. The van der Waals surface area contributed by atoms with Crippen LogP contribution in [-0.4, -0.2) is 74.6 Å². The highest BCUT2D eigenvalue weighted by atomic mass is 19.4. The van der Waals surface area contributed by atoms with E-state index in [4.69, 9.17) is 4.98 Å². The van der Waals surface area contributed by atoms with E-state index in [-0.39, 0.29) is 11.2 Å². The smallest absolute Gasteiger partial charge is 0.341 e. The van der Waals surface area contributed by atoms with E-state index in [1.54, 1.807) is 12.1 Å². The zero-order valence-corrected chi connectivity index (χ0v) is 26.0. The molecule has 6 rings (SSSR count). The molecule has 0 aliphatic carbocycles. The van der Waals surface area contributed by atoms with E-state index < -0.39 is 23.5 Å². The van der Waals surface area contributed by atoms with E-state index in [1.165, 1.54) is 30.3 Å². The molecule has 2 bridgehead atoms. The van der Waals surface area contributed by atoms with Gasteiger partial charge in [0.2, 0.25) is 5.91 Å². The maximum Gasteiger partial charge on any atom is 0.471 e. The van der Waals surface area contributed by atoms with Crippen LogP contribution in [0.2, 0.25) is 0 Å². The first kappa shape index (κ1) is 31.5. The molecule has 3 fully saturated rings. The van der Waals surface area contributed by atoms with Gasteiger partial charge in [-0.25, -0.2) is 9.37 Å². The Morgan fingerprint density at radius 3 is 2.29 bits per heavy atom. The number of piperidine rings is 2. The van der Waals surface area contributed by atoms with Crippen LogP contribution in [0.3, 0.4) is 0 Å². The number of hydrogen-bond acceptors (Lipinski definition) is 4. The van der Waals surface area contributed by atoms with E-state index in [2.05, 4.69) is 34.6 Å². The van der Waals surface area contributed by atoms with E-state index >= 15 is 0 Å². The van der Waals surface area contributed by atoms with Gasteiger partial charge in [-0.3, -0.25) is 14.5 Å². The molecule has 4 heterocycles. The molecule has 2 aromatic carbocycles. The predicted octanol–water partition coefficient (Wildman–Crippen LogP) is 6.06. The van der Waals surface area contributed by atoms with Crippen molar-refractivity contribution in [3.05, 3.63) is 65.7 Å². The molecular formula is C34H41F4N5O2. The molecule has 1 N–H and O–H groups in total. The Balaban J connectivity index is 1.16. The van der Waals surface area contributed by atoms with E-state index in [0.717, 1.165) is 55.6 Å². The summed E-state index contributed by atoms with van der Waals surface area (Å²) in [5.74, 6) is -1.97. The topological polar surface area (TPSA) is 70.5 Å². The summed E-state index contributed by atoms with van der Waals surface area (Å²) in [6.45, 7) is 6.13. The van der Waals surface area contributed by atoms with Gasteiger partial charge in [0.25, 0.3) is 0 Å². The average Bonchev–Trinajstić information content (AvgIpc) is 3.45. The molecule has 2 amide bonds.